The molecule has 1 aromatic heterocycles. The second-order valence-electron chi connectivity index (χ2n) is 3.98. The molecule has 0 radical (unpaired) electrons. The Morgan fingerprint density at radius 3 is 3.12 bits per heavy atom. The van der Waals surface area contributed by atoms with E-state index in [9.17, 15) is 4.79 Å². The minimum absolute atomic E-state index is 0.436. The minimum atomic E-state index is -0.941. The number of hydrogen-bond donors (Lipinski definition) is 2. The van der Waals surface area contributed by atoms with Crippen LogP contribution in [0.2, 0.25) is 0 Å². The van der Waals surface area contributed by atoms with Crippen molar-refractivity contribution in [2.45, 2.75) is 30.7 Å². The van der Waals surface area contributed by atoms with Crippen LogP contribution in [0.3, 0.4) is 0 Å². The lowest BCUT2D eigenvalue weighted by Crippen LogP contribution is -2.32. The Kier molecular flexibility index (Phi) is 3.50. The normalized spacial score (nSPS) is 17.3. The molecular weight excluding hydrogens is 226 g/mol. The van der Waals surface area contributed by atoms with Crippen molar-refractivity contribution in [3.8, 4) is 0 Å². The van der Waals surface area contributed by atoms with Gasteiger partial charge in [0.25, 0.3) is 0 Å². The number of rotatable bonds is 6. The van der Waals surface area contributed by atoms with E-state index in [4.69, 9.17) is 10.8 Å². The minimum Gasteiger partial charge on any atom is -0.480 e. The lowest BCUT2D eigenvalue weighted by atomic mass is 10.4. The summed E-state index contributed by atoms with van der Waals surface area (Å²) in [4.78, 5) is 14.6. The van der Waals surface area contributed by atoms with Crippen LogP contribution in [-0.2, 0) is 10.5 Å². The SMILES string of the molecule is N[C@H](CSCc1cncn1C1CC1)C(=O)O. The lowest BCUT2D eigenvalue weighted by molar-refractivity contribution is -0.137. The molecule has 0 spiro atoms. The quantitative estimate of drug-likeness (QED) is 0.772. The van der Waals surface area contributed by atoms with E-state index >= 15 is 0 Å². The summed E-state index contributed by atoms with van der Waals surface area (Å²) >= 11 is 1.54. The van der Waals surface area contributed by atoms with Crippen molar-refractivity contribution in [3.63, 3.8) is 0 Å². The molecule has 1 atom stereocenters. The van der Waals surface area contributed by atoms with Gasteiger partial charge < -0.3 is 15.4 Å². The van der Waals surface area contributed by atoms with Gasteiger partial charge in [0.15, 0.2) is 0 Å². The maximum atomic E-state index is 10.5. The highest BCUT2D eigenvalue weighted by Crippen LogP contribution is 2.36. The molecule has 0 bridgehead atoms. The average Bonchev–Trinajstić information content (AvgIpc) is 2.99. The Labute approximate surface area is 98.0 Å². The van der Waals surface area contributed by atoms with Crippen LogP contribution >= 0.6 is 11.8 Å². The van der Waals surface area contributed by atoms with E-state index in [0.29, 0.717) is 11.8 Å². The molecule has 3 N–H and O–H groups in total. The van der Waals surface area contributed by atoms with Crippen LogP contribution in [0.15, 0.2) is 12.5 Å². The van der Waals surface area contributed by atoms with Crippen LogP contribution in [0.25, 0.3) is 0 Å². The zero-order valence-corrected chi connectivity index (χ0v) is 9.69. The molecule has 1 aliphatic carbocycles. The van der Waals surface area contributed by atoms with Crippen LogP contribution < -0.4 is 5.73 Å². The van der Waals surface area contributed by atoms with E-state index in [1.165, 1.54) is 12.8 Å². The molecule has 0 aromatic carbocycles. The van der Waals surface area contributed by atoms with Gasteiger partial charge in [-0.3, -0.25) is 4.79 Å². The second kappa shape index (κ2) is 4.88. The topological polar surface area (TPSA) is 81.1 Å². The molecule has 1 fully saturated rings. The molecule has 1 heterocycles. The van der Waals surface area contributed by atoms with Gasteiger partial charge in [0.05, 0.1) is 6.33 Å². The highest BCUT2D eigenvalue weighted by molar-refractivity contribution is 7.98. The molecule has 0 unspecified atom stereocenters. The molecule has 1 aromatic rings. The largest absolute Gasteiger partial charge is 0.480 e. The number of aliphatic carboxylic acids is 1. The molecule has 2 rings (SSSR count). The van der Waals surface area contributed by atoms with E-state index in [-0.39, 0.29) is 0 Å². The van der Waals surface area contributed by atoms with E-state index in [1.807, 2.05) is 12.5 Å². The van der Waals surface area contributed by atoms with Crippen molar-refractivity contribution in [1.29, 1.82) is 0 Å². The van der Waals surface area contributed by atoms with Crippen LogP contribution in [0.4, 0.5) is 0 Å². The fraction of sp³-hybridized carbons (Fsp3) is 0.600. The molecule has 16 heavy (non-hydrogen) atoms. The molecule has 88 valence electrons. The third-order valence-corrected chi connectivity index (χ3v) is 3.65. The predicted octanol–water partition coefficient (Wildman–Crippen LogP) is 0.863. The summed E-state index contributed by atoms with van der Waals surface area (Å²) in [5, 5.41) is 8.64. The number of thioether (sulfide) groups is 1. The highest BCUT2D eigenvalue weighted by Gasteiger charge is 2.25. The molecule has 6 heteroatoms. The monoisotopic (exact) mass is 241 g/mol. The predicted molar refractivity (Wildman–Crippen MR) is 62.3 cm³/mol. The number of imidazole rings is 1. The van der Waals surface area contributed by atoms with Crippen molar-refractivity contribution in [3.05, 3.63) is 18.2 Å². The van der Waals surface area contributed by atoms with Crippen LogP contribution in [0.1, 0.15) is 24.6 Å². The molecule has 5 nitrogen and oxygen atoms in total. The number of nitrogens with two attached hydrogens (primary N) is 1. The summed E-state index contributed by atoms with van der Waals surface area (Å²) in [6.45, 7) is 0. The number of hydrogen-bond acceptors (Lipinski definition) is 4. The van der Waals surface area contributed by atoms with Crippen LogP contribution in [-0.4, -0.2) is 32.4 Å². The number of nitrogens with zero attached hydrogens (tertiary/aromatic N) is 2. The Balaban J connectivity index is 1.80. The molecule has 1 aliphatic rings. The summed E-state index contributed by atoms with van der Waals surface area (Å²) in [5.74, 6) is 0.269. The number of aromatic nitrogens is 2. The Morgan fingerprint density at radius 1 is 1.75 bits per heavy atom. The second-order valence-corrected chi connectivity index (χ2v) is 5.01. The first kappa shape index (κ1) is 11.5. The zero-order valence-electron chi connectivity index (χ0n) is 8.87. The smallest absolute Gasteiger partial charge is 0.321 e. The van der Waals surface area contributed by atoms with E-state index in [1.54, 1.807) is 11.8 Å². The van der Waals surface area contributed by atoms with Gasteiger partial charge in [0, 0.05) is 29.4 Å². The molecular formula is C10H15N3O2S. The first-order valence-electron chi connectivity index (χ1n) is 5.25. The number of carbonyl (C=O) groups is 1. The van der Waals surface area contributed by atoms with Crippen LogP contribution in [0.5, 0.6) is 0 Å². The molecule has 1 saturated carbocycles. The van der Waals surface area contributed by atoms with Gasteiger partial charge in [-0.05, 0) is 12.8 Å². The van der Waals surface area contributed by atoms with Gasteiger partial charge in [-0.15, -0.1) is 0 Å². The van der Waals surface area contributed by atoms with Gasteiger partial charge in [-0.1, -0.05) is 0 Å². The van der Waals surface area contributed by atoms with Crippen LogP contribution in [0, 0.1) is 0 Å². The molecule has 0 saturated heterocycles. The third kappa shape index (κ3) is 2.76. The Morgan fingerprint density at radius 2 is 2.50 bits per heavy atom. The van der Waals surface area contributed by atoms with Gasteiger partial charge in [-0.2, -0.15) is 11.8 Å². The first-order chi connectivity index (χ1) is 7.68. The van der Waals surface area contributed by atoms with Gasteiger partial charge in [0.1, 0.15) is 6.04 Å². The zero-order chi connectivity index (χ0) is 11.5. The fourth-order valence-electron chi connectivity index (χ4n) is 1.49. The van der Waals surface area contributed by atoms with Crippen molar-refractivity contribution in [2.24, 2.45) is 5.73 Å². The van der Waals surface area contributed by atoms with Crippen molar-refractivity contribution in [2.75, 3.05) is 5.75 Å². The summed E-state index contributed by atoms with van der Waals surface area (Å²) in [5.41, 5.74) is 6.58. The Bertz CT molecular complexity index is 376. The van der Waals surface area contributed by atoms with Gasteiger partial charge in [0.2, 0.25) is 0 Å². The standard InChI is InChI=1S/C10H15N3O2S/c11-9(10(14)15)5-16-4-8-3-12-6-13(8)7-1-2-7/h3,6-7,9H,1-2,4-5,11H2,(H,14,15)/t9-/m1/s1. The maximum Gasteiger partial charge on any atom is 0.321 e. The summed E-state index contributed by atoms with van der Waals surface area (Å²) in [6.07, 6.45) is 6.15. The number of carboxylic acid groups (broad SMARTS) is 1. The molecule has 0 amide bonds. The summed E-state index contributed by atoms with van der Waals surface area (Å²) in [7, 11) is 0. The number of carboxylic acids is 1. The third-order valence-electron chi connectivity index (χ3n) is 2.55. The molecule has 0 aliphatic heterocycles. The average molecular weight is 241 g/mol. The van der Waals surface area contributed by atoms with E-state index < -0.39 is 12.0 Å². The van der Waals surface area contributed by atoms with E-state index in [0.717, 1.165) is 11.4 Å². The van der Waals surface area contributed by atoms with Crippen molar-refractivity contribution >= 4 is 17.7 Å². The highest BCUT2D eigenvalue weighted by atomic mass is 32.2. The fourth-order valence-corrected chi connectivity index (χ4v) is 2.43. The van der Waals surface area contributed by atoms with E-state index in [2.05, 4.69) is 9.55 Å². The first-order valence-corrected chi connectivity index (χ1v) is 6.41. The Hall–Kier alpha value is -1.01. The van der Waals surface area contributed by atoms with Gasteiger partial charge in [-0.25, -0.2) is 4.98 Å². The summed E-state index contributed by atoms with van der Waals surface area (Å²) in [6, 6.07) is -0.159. The van der Waals surface area contributed by atoms with Crippen molar-refractivity contribution in [1.82, 2.24) is 9.55 Å². The maximum absolute atomic E-state index is 10.5. The van der Waals surface area contributed by atoms with Gasteiger partial charge >= 0.3 is 5.97 Å². The van der Waals surface area contributed by atoms with Crippen molar-refractivity contribution < 1.29 is 9.90 Å². The lowest BCUT2D eigenvalue weighted by Gasteiger charge is -2.08. The summed E-state index contributed by atoms with van der Waals surface area (Å²) < 4.78 is 2.18.